The second kappa shape index (κ2) is 4.33. The lowest BCUT2D eigenvalue weighted by atomic mass is 9.69. The number of aromatic nitrogens is 2. The Morgan fingerprint density at radius 1 is 1.40 bits per heavy atom. The highest BCUT2D eigenvalue weighted by molar-refractivity contribution is 5.21. The van der Waals surface area contributed by atoms with E-state index in [2.05, 4.69) is 45.0 Å². The van der Waals surface area contributed by atoms with Crippen LogP contribution in [0.3, 0.4) is 0 Å². The molecule has 4 unspecified atom stereocenters. The largest absolute Gasteiger partial charge is 0.307 e. The van der Waals surface area contributed by atoms with Crippen LogP contribution in [0.15, 0.2) is 6.20 Å². The maximum atomic E-state index is 4.38. The van der Waals surface area contributed by atoms with Crippen LogP contribution in [0.25, 0.3) is 0 Å². The Kier molecular flexibility index (Phi) is 3.06. The lowest BCUT2D eigenvalue weighted by molar-refractivity contribution is 0.116. The molecular weight excluding hydrogens is 246 g/mol. The summed E-state index contributed by atoms with van der Waals surface area (Å²) in [5.74, 6) is 0.896. The molecule has 3 rings (SSSR count). The molecule has 0 saturated heterocycles. The predicted octanol–water partition coefficient (Wildman–Crippen LogP) is 3.59. The molecule has 1 N–H and O–H groups in total. The standard InChI is InChI=1S/C17H29N3/c1-11(14-10-18-20(6)12(14)2)19-15-9-13-7-8-17(15,5)16(13,3)4/h10-11,13,15,19H,7-9H2,1-6H3. The fourth-order valence-corrected chi connectivity index (χ4v) is 4.79. The van der Waals surface area contributed by atoms with Crippen LogP contribution >= 0.6 is 0 Å². The van der Waals surface area contributed by atoms with Gasteiger partial charge >= 0.3 is 0 Å². The summed E-state index contributed by atoms with van der Waals surface area (Å²) in [5, 5.41) is 8.31. The van der Waals surface area contributed by atoms with Crippen molar-refractivity contribution >= 4 is 0 Å². The summed E-state index contributed by atoms with van der Waals surface area (Å²) in [7, 11) is 2.02. The topological polar surface area (TPSA) is 29.9 Å². The van der Waals surface area contributed by atoms with E-state index >= 15 is 0 Å². The predicted molar refractivity (Wildman–Crippen MR) is 82.5 cm³/mol. The van der Waals surface area contributed by atoms with Gasteiger partial charge in [0.2, 0.25) is 0 Å². The monoisotopic (exact) mass is 275 g/mol. The molecule has 0 aliphatic heterocycles. The third-order valence-electron chi connectivity index (χ3n) is 6.98. The lowest BCUT2D eigenvalue weighted by Crippen LogP contribution is -2.45. The van der Waals surface area contributed by atoms with Crippen LogP contribution in [-0.4, -0.2) is 15.8 Å². The van der Waals surface area contributed by atoms with Crippen LogP contribution in [0.4, 0.5) is 0 Å². The van der Waals surface area contributed by atoms with Crippen LogP contribution in [0.1, 0.15) is 64.3 Å². The smallest absolute Gasteiger partial charge is 0.0540 e. The van der Waals surface area contributed by atoms with Gasteiger partial charge in [-0.05, 0) is 49.9 Å². The van der Waals surface area contributed by atoms with Crippen LogP contribution in [-0.2, 0) is 7.05 Å². The molecule has 4 atom stereocenters. The van der Waals surface area contributed by atoms with Gasteiger partial charge in [0, 0.05) is 30.4 Å². The number of nitrogens with one attached hydrogen (secondary N) is 1. The Bertz CT molecular complexity index is 516. The molecule has 1 aromatic heterocycles. The van der Waals surface area contributed by atoms with E-state index in [1.807, 2.05) is 17.9 Å². The Morgan fingerprint density at radius 3 is 2.55 bits per heavy atom. The molecule has 1 aromatic rings. The highest BCUT2D eigenvalue weighted by atomic mass is 15.3. The zero-order valence-corrected chi connectivity index (χ0v) is 13.8. The third kappa shape index (κ3) is 1.71. The SMILES string of the molecule is Cc1c(C(C)NC2CC3CCC2(C)C3(C)C)cnn1C. The van der Waals surface area contributed by atoms with Crippen molar-refractivity contribution in [3.8, 4) is 0 Å². The quantitative estimate of drug-likeness (QED) is 0.913. The summed E-state index contributed by atoms with van der Waals surface area (Å²) < 4.78 is 1.97. The van der Waals surface area contributed by atoms with Crippen LogP contribution < -0.4 is 5.32 Å². The summed E-state index contributed by atoms with van der Waals surface area (Å²) in [4.78, 5) is 0. The summed E-state index contributed by atoms with van der Waals surface area (Å²) in [6.07, 6.45) is 6.16. The zero-order chi connectivity index (χ0) is 14.7. The Balaban J connectivity index is 1.78. The van der Waals surface area contributed by atoms with Crippen molar-refractivity contribution in [2.45, 2.75) is 66.0 Å². The van der Waals surface area contributed by atoms with Gasteiger partial charge in [0.25, 0.3) is 0 Å². The summed E-state index contributed by atoms with van der Waals surface area (Å²) >= 11 is 0. The van der Waals surface area contributed by atoms with E-state index < -0.39 is 0 Å². The summed E-state index contributed by atoms with van der Waals surface area (Å²) in [5.41, 5.74) is 3.55. The van der Waals surface area contributed by atoms with E-state index in [4.69, 9.17) is 0 Å². The summed E-state index contributed by atoms with van der Waals surface area (Å²) in [6, 6.07) is 1.03. The highest BCUT2D eigenvalue weighted by Crippen LogP contribution is 2.65. The molecular formula is C17H29N3. The number of aryl methyl sites for hydroxylation is 1. The van der Waals surface area contributed by atoms with E-state index in [1.54, 1.807) is 0 Å². The first-order chi connectivity index (χ1) is 9.27. The number of nitrogens with zero attached hydrogens (tertiary/aromatic N) is 2. The fourth-order valence-electron chi connectivity index (χ4n) is 4.79. The average Bonchev–Trinajstić information content (AvgIpc) is 2.88. The molecule has 3 nitrogen and oxygen atoms in total. The molecule has 112 valence electrons. The summed E-state index contributed by atoms with van der Waals surface area (Å²) in [6.45, 7) is 11.9. The number of hydrogen-bond acceptors (Lipinski definition) is 2. The molecule has 0 radical (unpaired) electrons. The molecule has 1 heterocycles. The van der Waals surface area contributed by atoms with Gasteiger partial charge in [-0.1, -0.05) is 20.8 Å². The number of rotatable bonds is 3. The fraction of sp³-hybridized carbons (Fsp3) is 0.824. The first-order valence-electron chi connectivity index (χ1n) is 8.02. The second-order valence-corrected chi connectivity index (χ2v) is 7.86. The normalized spacial score (nSPS) is 36.5. The van der Waals surface area contributed by atoms with E-state index in [1.165, 1.54) is 30.5 Å². The Labute approximate surface area is 123 Å². The van der Waals surface area contributed by atoms with Gasteiger partial charge in [0.05, 0.1) is 6.20 Å². The van der Waals surface area contributed by atoms with Crippen molar-refractivity contribution in [1.82, 2.24) is 15.1 Å². The van der Waals surface area contributed by atoms with Crippen LogP contribution in [0.2, 0.25) is 0 Å². The van der Waals surface area contributed by atoms with Crippen molar-refractivity contribution in [3.05, 3.63) is 17.5 Å². The van der Waals surface area contributed by atoms with Crippen molar-refractivity contribution < 1.29 is 0 Å². The van der Waals surface area contributed by atoms with Crippen molar-refractivity contribution in [2.75, 3.05) is 0 Å². The average molecular weight is 275 g/mol. The van der Waals surface area contributed by atoms with Crippen LogP contribution in [0, 0.1) is 23.7 Å². The second-order valence-electron chi connectivity index (χ2n) is 7.86. The minimum absolute atomic E-state index is 0.390. The molecule has 2 bridgehead atoms. The van der Waals surface area contributed by atoms with Gasteiger partial charge in [-0.2, -0.15) is 5.10 Å². The van der Waals surface area contributed by atoms with Gasteiger partial charge in [-0.3, -0.25) is 4.68 Å². The maximum absolute atomic E-state index is 4.38. The van der Waals surface area contributed by atoms with Gasteiger partial charge in [0.1, 0.15) is 0 Å². The van der Waals surface area contributed by atoms with E-state index in [-0.39, 0.29) is 0 Å². The minimum Gasteiger partial charge on any atom is -0.307 e. The molecule has 2 aliphatic carbocycles. The first kappa shape index (κ1) is 14.1. The molecule has 2 fully saturated rings. The molecule has 0 spiro atoms. The lowest BCUT2D eigenvalue weighted by Gasteiger charge is -2.40. The minimum atomic E-state index is 0.390. The van der Waals surface area contributed by atoms with E-state index in [0.717, 1.165) is 5.92 Å². The highest BCUT2D eigenvalue weighted by Gasteiger charge is 2.61. The van der Waals surface area contributed by atoms with Crippen LogP contribution in [0.5, 0.6) is 0 Å². The van der Waals surface area contributed by atoms with Gasteiger partial charge in [-0.15, -0.1) is 0 Å². The molecule has 20 heavy (non-hydrogen) atoms. The molecule has 2 saturated carbocycles. The first-order valence-corrected chi connectivity index (χ1v) is 8.02. The maximum Gasteiger partial charge on any atom is 0.0540 e. The number of fused-ring (bicyclic) bond motifs is 2. The van der Waals surface area contributed by atoms with Crippen molar-refractivity contribution in [3.63, 3.8) is 0 Å². The zero-order valence-electron chi connectivity index (χ0n) is 13.8. The molecule has 3 heteroatoms. The molecule has 0 amide bonds. The Morgan fingerprint density at radius 2 is 2.10 bits per heavy atom. The van der Waals surface area contributed by atoms with E-state index in [0.29, 0.717) is 22.9 Å². The van der Waals surface area contributed by atoms with Crippen molar-refractivity contribution in [1.29, 1.82) is 0 Å². The van der Waals surface area contributed by atoms with Gasteiger partial charge in [-0.25, -0.2) is 0 Å². The van der Waals surface area contributed by atoms with Gasteiger partial charge in [0.15, 0.2) is 0 Å². The number of hydrogen-bond donors (Lipinski definition) is 1. The van der Waals surface area contributed by atoms with Gasteiger partial charge < -0.3 is 5.32 Å². The Hall–Kier alpha value is -0.830. The third-order valence-corrected chi connectivity index (χ3v) is 6.98. The molecule has 0 aromatic carbocycles. The van der Waals surface area contributed by atoms with Crippen molar-refractivity contribution in [2.24, 2.45) is 23.8 Å². The van der Waals surface area contributed by atoms with E-state index in [9.17, 15) is 0 Å². The molecule has 2 aliphatic rings.